The number of ether oxygens (including phenoxy) is 1. The maximum Gasteiger partial charge on any atom is 0.261 e. The number of fused-ring (bicyclic) bond motifs is 1. The molecule has 0 saturated heterocycles. The number of hydrogen-bond donors (Lipinski definition) is 2. The van der Waals surface area contributed by atoms with Crippen molar-refractivity contribution in [3.8, 4) is 5.75 Å². The summed E-state index contributed by atoms with van der Waals surface area (Å²) < 4.78 is 5.14. The van der Waals surface area contributed by atoms with Crippen LogP contribution in [-0.2, 0) is 0 Å². The average molecular weight is 338 g/mol. The van der Waals surface area contributed by atoms with Crippen molar-refractivity contribution in [1.29, 1.82) is 0 Å². The highest BCUT2D eigenvalue weighted by Crippen LogP contribution is 2.22. The van der Waals surface area contributed by atoms with Crippen LogP contribution in [-0.4, -0.2) is 42.9 Å². The van der Waals surface area contributed by atoms with E-state index in [0.29, 0.717) is 16.9 Å². The number of nitrogens with two attached hydrogens (primary N) is 1. The van der Waals surface area contributed by atoms with E-state index in [4.69, 9.17) is 10.5 Å². The van der Waals surface area contributed by atoms with Gasteiger partial charge in [0.05, 0.1) is 24.8 Å². The van der Waals surface area contributed by atoms with Crippen LogP contribution in [0.15, 0.2) is 53.5 Å². The lowest BCUT2D eigenvalue weighted by Crippen LogP contribution is -2.33. The Balaban J connectivity index is 1.60. The van der Waals surface area contributed by atoms with E-state index >= 15 is 0 Å². The monoisotopic (exact) mass is 338 g/mol. The zero-order valence-corrected chi connectivity index (χ0v) is 13.7. The van der Waals surface area contributed by atoms with Crippen LogP contribution in [0.25, 0.3) is 0 Å². The Morgan fingerprint density at radius 3 is 2.44 bits per heavy atom. The van der Waals surface area contributed by atoms with Crippen molar-refractivity contribution < 1.29 is 14.3 Å². The number of anilines is 1. The van der Waals surface area contributed by atoms with E-state index in [1.165, 1.54) is 4.90 Å². The summed E-state index contributed by atoms with van der Waals surface area (Å²) in [5.74, 6) is 0.305. The zero-order valence-electron chi connectivity index (χ0n) is 13.7. The van der Waals surface area contributed by atoms with E-state index in [2.05, 4.69) is 10.3 Å². The topological polar surface area (TPSA) is 97.0 Å². The zero-order chi connectivity index (χ0) is 17.8. The van der Waals surface area contributed by atoms with Gasteiger partial charge in [-0.2, -0.15) is 0 Å². The van der Waals surface area contributed by atoms with Gasteiger partial charge in [-0.25, -0.2) is 0 Å². The van der Waals surface area contributed by atoms with Crippen molar-refractivity contribution in [2.45, 2.75) is 0 Å². The first-order chi connectivity index (χ1) is 12.1. The average Bonchev–Trinajstić information content (AvgIpc) is 2.87. The summed E-state index contributed by atoms with van der Waals surface area (Å²) in [4.78, 5) is 29.8. The molecule has 3 N–H and O–H groups in total. The lowest BCUT2D eigenvalue weighted by Gasteiger charge is -2.12. The van der Waals surface area contributed by atoms with Crippen molar-refractivity contribution in [3.05, 3.63) is 59.7 Å². The van der Waals surface area contributed by atoms with Crippen LogP contribution < -0.4 is 15.8 Å². The molecule has 7 heteroatoms. The number of aliphatic imine (C=N–C) groups is 1. The minimum absolute atomic E-state index is 0.173. The summed E-state index contributed by atoms with van der Waals surface area (Å²) in [6.45, 7) is 0.390. The van der Waals surface area contributed by atoms with Gasteiger partial charge in [-0.1, -0.05) is 18.2 Å². The molecule has 1 heterocycles. The Labute approximate surface area is 145 Å². The largest absolute Gasteiger partial charge is 0.497 e. The number of carbonyl (C=O) groups is 2. The maximum absolute atomic E-state index is 12.2. The molecule has 0 unspecified atom stereocenters. The van der Waals surface area contributed by atoms with Gasteiger partial charge >= 0.3 is 0 Å². The number of rotatable bonds is 5. The van der Waals surface area contributed by atoms with Gasteiger partial charge in [-0.05, 0) is 24.3 Å². The van der Waals surface area contributed by atoms with Gasteiger partial charge in [-0.15, -0.1) is 0 Å². The number of imide groups is 1. The molecule has 0 atom stereocenters. The second kappa shape index (κ2) is 7.04. The number of benzene rings is 2. The van der Waals surface area contributed by atoms with Crippen LogP contribution in [0.1, 0.15) is 20.7 Å². The molecule has 0 bridgehead atoms. The molecule has 2 aromatic carbocycles. The Hall–Kier alpha value is -3.35. The fourth-order valence-corrected chi connectivity index (χ4v) is 2.60. The Bertz CT molecular complexity index is 813. The standard InChI is InChI=1S/C18H18N4O3/c1-25-13-6-4-5-12(11-13)21-18(19)20-9-10-22-16(23)14-7-2-3-8-15(14)17(22)24/h2-8,11H,9-10H2,1H3,(H3,19,20,21). The van der Waals surface area contributed by atoms with Gasteiger partial charge in [0.2, 0.25) is 0 Å². The van der Waals surface area contributed by atoms with Gasteiger partial charge in [0.1, 0.15) is 5.75 Å². The normalized spacial score (nSPS) is 13.8. The minimum Gasteiger partial charge on any atom is -0.497 e. The SMILES string of the molecule is COc1cccc(NC(N)=NCCN2C(=O)c3ccccc3C2=O)c1. The number of nitrogens with zero attached hydrogens (tertiary/aromatic N) is 2. The predicted molar refractivity (Wildman–Crippen MR) is 94.9 cm³/mol. The summed E-state index contributed by atoms with van der Waals surface area (Å²) in [7, 11) is 1.58. The van der Waals surface area contributed by atoms with Crippen molar-refractivity contribution in [3.63, 3.8) is 0 Å². The molecule has 25 heavy (non-hydrogen) atoms. The molecule has 0 aliphatic carbocycles. The van der Waals surface area contributed by atoms with E-state index in [9.17, 15) is 9.59 Å². The van der Waals surface area contributed by atoms with Gasteiger partial charge in [0.15, 0.2) is 5.96 Å². The molecule has 0 fully saturated rings. The third kappa shape index (κ3) is 3.45. The number of carbonyl (C=O) groups excluding carboxylic acids is 2. The number of guanidine groups is 1. The highest BCUT2D eigenvalue weighted by Gasteiger charge is 2.34. The third-order valence-corrected chi connectivity index (χ3v) is 3.83. The molecule has 128 valence electrons. The lowest BCUT2D eigenvalue weighted by molar-refractivity contribution is 0.0659. The van der Waals surface area contributed by atoms with Crippen LogP contribution in [0, 0.1) is 0 Å². The van der Waals surface area contributed by atoms with Gasteiger partial charge in [-0.3, -0.25) is 19.5 Å². The van der Waals surface area contributed by atoms with E-state index < -0.39 is 0 Å². The summed E-state index contributed by atoms with van der Waals surface area (Å²) >= 11 is 0. The molecule has 0 spiro atoms. The Morgan fingerprint density at radius 2 is 1.80 bits per heavy atom. The number of amides is 2. The number of hydrogen-bond acceptors (Lipinski definition) is 4. The van der Waals surface area contributed by atoms with Crippen LogP contribution >= 0.6 is 0 Å². The lowest BCUT2D eigenvalue weighted by atomic mass is 10.1. The van der Waals surface area contributed by atoms with Crippen molar-refractivity contribution in [2.75, 3.05) is 25.5 Å². The molecule has 1 aliphatic rings. The summed E-state index contributed by atoms with van der Waals surface area (Å²) in [5.41, 5.74) is 7.44. The molecule has 1 aliphatic heterocycles. The summed E-state index contributed by atoms with van der Waals surface area (Å²) in [6.07, 6.45) is 0. The van der Waals surface area contributed by atoms with Crippen LogP contribution in [0.3, 0.4) is 0 Å². The fourth-order valence-electron chi connectivity index (χ4n) is 2.60. The van der Waals surface area contributed by atoms with Gasteiger partial charge in [0, 0.05) is 18.3 Å². The van der Waals surface area contributed by atoms with Crippen molar-refractivity contribution in [2.24, 2.45) is 10.7 Å². The van der Waals surface area contributed by atoms with E-state index in [-0.39, 0.29) is 30.9 Å². The molecule has 0 aromatic heterocycles. The number of methoxy groups -OCH3 is 1. The van der Waals surface area contributed by atoms with E-state index in [0.717, 1.165) is 5.69 Å². The quantitative estimate of drug-likeness (QED) is 0.491. The first-order valence-electron chi connectivity index (χ1n) is 7.76. The Morgan fingerprint density at radius 1 is 1.12 bits per heavy atom. The van der Waals surface area contributed by atoms with Gasteiger partial charge in [0.25, 0.3) is 11.8 Å². The van der Waals surface area contributed by atoms with Crippen molar-refractivity contribution >= 4 is 23.5 Å². The first kappa shape index (κ1) is 16.5. The fraction of sp³-hybridized carbons (Fsp3) is 0.167. The molecule has 0 saturated carbocycles. The second-order valence-corrected chi connectivity index (χ2v) is 5.43. The minimum atomic E-state index is -0.296. The van der Waals surface area contributed by atoms with E-state index in [1.807, 2.05) is 18.2 Å². The highest BCUT2D eigenvalue weighted by molar-refractivity contribution is 6.21. The van der Waals surface area contributed by atoms with Crippen LogP contribution in [0.5, 0.6) is 5.75 Å². The van der Waals surface area contributed by atoms with E-state index in [1.54, 1.807) is 37.4 Å². The summed E-state index contributed by atoms with van der Waals surface area (Å²) in [5, 5.41) is 2.94. The molecule has 2 amide bonds. The second-order valence-electron chi connectivity index (χ2n) is 5.43. The van der Waals surface area contributed by atoms with Crippen molar-refractivity contribution in [1.82, 2.24) is 4.90 Å². The Kier molecular flexibility index (Phi) is 4.65. The number of nitrogens with one attached hydrogen (secondary N) is 1. The smallest absolute Gasteiger partial charge is 0.261 e. The molecule has 2 aromatic rings. The molecule has 3 rings (SSSR count). The molecular weight excluding hydrogens is 320 g/mol. The summed E-state index contributed by atoms with van der Waals surface area (Å²) in [6, 6.07) is 14.0. The highest BCUT2D eigenvalue weighted by atomic mass is 16.5. The van der Waals surface area contributed by atoms with Crippen LogP contribution in [0.4, 0.5) is 5.69 Å². The predicted octanol–water partition coefficient (Wildman–Crippen LogP) is 1.72. The van der Waals surface area contributed by atoms with Crippen LogP contribution in [0.2, 0.25) is 0 Å². The van der Waals surface area contributed by atoms with Gasteiger partial charge < -0.3 is 15.8 Å². The first-order valence-corrected chi connectivity index (χ1v) is 7.76. The third-order valence-electron chi connectivity index (χ3n) is 3.83. The molecule has 7 nitrogen and oxygen atoms in total. The molecule has 0 radical (unpaired) electrons. The molecular formula is C18H18N4O3. The maximum atomic E-state index is 12.2.